The molecule has 5 nitrogen and oxygen atoms in total. The Morgan fingerprint density at radius 2 is 1.94 bits per heavy atom. The van der Waals surface area contributed by atoms with Gasteiger partial charge in [0.2, 0.25) is 0 Å². The predicted molar refractivity (Wildman–Crippen MR) is 58.2 cm³/mol. The number of amides is 1. The van der Waals surface area contributed by atoms with E-state index in [9.17, 15) is 9.59 Å². The fourth-order valence-corrected chi connectivity index (χ4v) is 1.87. The van der Waals surface area contributed by atoms with E-state index >= 15 is 0 Å². The molecule has 1 fully saturated rings. The molecule has 1 atom stereocenters. The second-order valence-corrected chi connectivity index (χ2v) is 5.31. The van der Waals surface area contributed by atoms with Gasteiger partial charge in [0.15, 0.2) is 0 Å². The lowest BCUT2D eigenvalue weighted by Crippen LogP contribution is -2.52. The molecule has 0 aliphatic carbocycles. The molecule has 1 heterocycles. The van der Waals surface area contributed by atoms with Crippen molar-refractivity contribution in [2.45, 2.75) is 51.7 Å². The van der Waals surface area contributed by atoms with Crippen LogP contribution in [-0.4, -0.2) is 39.8 Å². The summed E-state index contributed by atoms with van der Waals surface area (Å²) in [4.78, 5) is 24.1. The van der Waals surface area contributed by atoms with Crippen LogP contribution in [0.2, 0.25) is 0 Å². The lowest BCUT2D eigenvalue weighted by atomic mass is 9.99. The molecular weight excluding hydrogens is 210 g/mol. The van der Waals surface area contributed by atoms with E-state index in [2.05, 4.69) is 0 Å². The van der Waals surface area contributed by atoms with Crippen LogP contribution in [0.3, 0.4) is 0 Å². The third kappa shape index (κ3) is 2.46. The maximum atomic E-state index is 12.0. The minimum atomic E-state index is -1.06. The maximum Gasteiger partial charge on any atom is 0.408 e. The second-order valence-electron chi connectivity index (χ2n) is 5.31. The molecule has 0 radical (unpaired) electrons. The molecule has 1 amide bonds. The summed E-state index contributed by atoms with van der Waals surface area (Å²) in [5.41, 5.74) is -1.62. The smallest absolute Gasteiger partial charge is 0.408 e. The SMILES string of the molecule is CC(C)(C)OC(=O)[C@@]1(C)CCCN1C(=O)O. The van der Waals surface area contributed by atoms with Gasteiger partial charge >= 0.3 is 12.1 Å². The minimum absolute atomic E-state index is 0.394. The molecule has 1 saturated heterocycles. The van der Waals surface area contributed by atoms with Crippen LogP contribution in [0.25, 0.3) is 0 Å². The first-order valence-electron chi connectivity index (χ1n) is 5.41. The Morgan fingerprint density at radius 3 is 2.38 bits per heavy atom. The van der Waals surface area contributed by atoms with Crippen LogP contribution in [0, 0.1) is 0 Å². The quantitative estimate of drug-likeness (QED) is 0.697. The van der Waals surface area contributed by atoms with E-state index in [1.807, 2.05) is 0 Å². The molecule has 0 aromatic carbocycles. The number of carbonyl (C=O) groups excluding carboxylic acids is 1. The summed E-state index contributed by atoms with van der Waals surface area (Å²) in [6.45, 7) is 7.34. The fraction of sp³-hybridized carbons (Fsp3) is 0.818. The molecule has 0 spiro atoms. The standard InChI is InChI=1S/C11H19NO4/c1-10(2,3)16-8(13)11(4)6-5-7-12(11)9(14)15/h5-7H2,1-4H3,(H,14,15)/t11-/m1/s1. The van der Waals surface area contributed by atoms with Crippen molar-refractivity contribution in [2.75, 3.05) is 6.54 Å². The summed E-state index contributed by atoms with van der Waals surface area (Å²) in [5.74, 6) is -0.458. The minimum Gasteiger partial charge on any atom is -0.465 e. The number of nitrogens with zero attached hydrogens (tertiary/aromatic N) is 1. The van der Waals surface area contributed by atoms with Crippen molar-refractivity contribution in [3.05, 3.63) is 0 Å². The van der Waals surface area contributed by atoms with Gasteiger partial charge in [-0.2, -0.15) is 0 Å². The zero-order chi connectivity index (χ0) is 12.6. The van der Waals surface area contributed by atoms with Gasteiger partial charge in [0.1, 0.15) is 11.1 Å². The highest BCUT2D eigenvalue weighted by Crippen LogP contribution is 2.31. The normalized spacial score (nSPS) is 25.6. The first-order chi connectivity index (χ1) is 7.17. The summed E-state index contributed by atoms with van der Waals surface area (Å²) < 4.78 is 5.26. The molecule has 0 aromatic heterocycles. The Morgan fingerprint density at radius 1 is 1.38 bits per heavy atom. The summed E-state index contributed by atoms with van der Waals surface area (Å²) in [5, 5.41) is 9.01. The lowest BCUT2D eigenvalue weighted by molar-refractivity contribution is -0.166. The first kappa shape index (κ1) is 12.8. The molecule has 0 saturated carbocycles. The Balaban J connectivity index is 2.84. The van der Waals surface area contributed by atoms with Gasteiger partial charge in [0, 0.05) is 6.54 Å². The highest BCUT2D eigenvalue weighted by atomic mass is 16.6. The van der Waals surface area contributed by atoms with Crippen LogP contribution >= 0.6 is 0 Å². The Labute approximate surface area is 95.4 Å². The average molecular weight is 229 g/mol. The molecule has 1 aliphatic heterocycles. The molecule has 5 heteroatoms. The van der Waals surface area contributed by atoms with E-state index in [0.29, 0.717) is 19.4 Å². The fourth-order valence-electron chi connectivity index (χ4n) is 1.87. The lowest BCUT2D eigenvalue weighted by Gasteiger charge is -2.33. The van der Waals surface area contributed by atoms with Gasteiger partial charge in [-0.1, -0.05) is 0 Å². The molecule has 92 valence electrons. The van der Waals surface area contributed by atoms with E-state index in [1.54, 1.807) is 27.7 Å². The molecule has 16 heavy (non-hydrogen) atoms. The van der Waals surface area contributed by atoms with Crippen molar-refractivity contribution in [2.24, 2.45) is 0 Å². The van der Waals surface area contributed by atoms with Gasteiger partial charge in [-0.3, -0.25) is 4.90 Å². The van der Waals surface area contributed by atoms with Gasteiger partial charge in [0.05, 0.1) is 0 Å². The monoisotopic (exact) mass is 229 g/mol. The van der Waals surface area contributed by atoms with Crippen LogP contribution in [0.5, 0.6) is 0 Å². The van der Waals surface area contributed by atoms with Gasteiger partial charge in [-0.05, 0) is 40.5 Å². The summed E-state index contributed by atoms with van der Waals surface area (Å²) in [6.07, 6.45) is 0.154. The molecule has 1 N–H and O–H groups in total. The third-order valence-electron chi connectivity index (χ3n) is 2.71. The van der Waals surface area contributed by atoms with Crippen molar-refractivity contribution in [3.63, 3.8) is 0 Å². The summed E-state index contributed by atoms with van der Waals surface area (Å²) >= 11 is 0. The van der Waals surface area contributed by atoms with E-state index in [4.69, 9.17) is 9.84 Å². The zero-order valence-electron chi connectivity index (χ0n) is 10.2. The van der Waals surface area contributed by atoms with Crippen LogP contribution in [0.15, 0.2) is 0 Å². The van der Waals surface area contributed by atoms with Crippen LogP contribution in [0.1, 0.15) is 40.5 Å². The van der Waals surface area contributed by atoms with Crippen LogP contribution in [-0.2, 0) is 9.53 Å². The molecule has 0 bridgehead atoms. The number of hydrogen-bond donors (Lipinski definition) is 1. The van der Waals surface area contributed by atoms with Crippen molar-refractivity contribution < 1.29 is 19.4 Å². The number of ether oxygens (including phenoxy) is 1. The van der Waals surface area contributed by atoms with Gasteiger partial charge in [-0.25, -0.2) is 9.59 Å². The van der Waals surface area contributed by atoms with E-state index in [1.165, 1.54) is 4.90 Å². The average Bonchev–Trinajstić information content (AvgIpc) is 2.45. The molecule has 1 aliphatic rings. The summed E-state index contributed by atoms with van der Waals surface area (Å²) in [6, 6.07) is 0. The third-order valence-corrected chi connectivity index (χ3v) is 2.71. The highest BCUT2D eigenvalue weighted by molar-refractivity contribution is 5.85. The maximum absolute atomic E-state index is 12.0. The van der Waals surface area contributed by atoms with Crippen molar-refractivity contribution in [1.82, 2.24) is 4.90 Å². The largest absolute Gasteiger partial charge is 0.465 e. The zero-order valence-corrected chi connectivity index (χ0v) is 10.2. The van der Waals surface area contributed by atoms with Gasteiger partial charge in [-0.15, -0.1) is 0 Å². The molecule has 0 aromatic rings. The number of esters is 1. The Hall–Kier alpha value is -1.26. The van der Waals surface area contributed by atoms with Crippen molar-refractivity contribution in [3.8, 4) is 0 Å². The predicted octanol–water partition coefficient (Wildman–Crippen LogP) is 1.86. The number of carbonyl (C=O) groups is 2. The number of rotatable bonds is 1. The van der Waals surface area contributed by atoms with Crippen LogP contribution in [0.4, 0.5) is 4.79 Å². The van der Waals surface area contributed by atoms with Gasteiger partial charge in [0.25, 0.3) is 0 Å². The topological polar surface area (TPSA) is 66.8 Å². The Bertz CT molecular complexity index is 308. The van der Waals surface area contributed by atoms with Crippen molar-refractivity contribution in [1.29, 1.82) is 0 Å². The molecule has 1 rings (SSSR count). The first-order valence-corrected chi connectivity index (χ1v) is 5.41. The van der Waals surface area contributed by atoms with E-state index < -0.39 is 23.2 Å². The second kappa shape index (κ2) is 3.96. The Kier molecular flexibility index (Phi) is 3.17. The van der Waals surface area contributed by atoms with E-state index in [-0.39, 0.29) is 0 Å². The van der Waals surface area contributed by atoms with Crippen molar-refractivity contribution >= 4 is 12.1 Å². The number of likely N-dealkylation sites (tertiary alicyclic amines) is 1. The summed E-state index contributed by atoms with van der Waals surface area (Å²) in [7, 11) is 0. The van der Waals surface area contributed by atoms with Crippen LogP contribution < -0.4 is 0 Å². The van der Waals surface area contributed by atoms with E-state index in [0.717, 1.165) is 0 Å². The molecule has 0 unspecified atom stereocenters. The highest BCUT2D eigenvalue weighted by Gasteiger charge is 2.48. The number of carboxylic acid groups (broad SMARTS) is 1. The molecular formula is C11H19NO4. The number of hydrogen-bond acceptors (Lipinski definition) is 3. The van der Waals surface area contributed by atoms with Gasteiger partial charge < -0.3 is 9.84 Å².